The standard InChI is InChI=1S/C18H20O3/c19-16-13-9-3-4-10-14(13)17(20)18(21)15(16)11-5-8-12-6-1-2-7-12/h3-4,9-10,12,19H,1-2,5-8,11H2. The van der Waals surface area contributed by atoms with E-state index in [1.807, 2.05) is 0 Å². The molecule has 0 saturated heterocycles. The van der Waals surface area contributed by atoms with Crippen LogP contribution in [0.25, 0.3) is 5.76 Å². The Morgan fingerprint density at radius 1 is 1.00 bits per heavy atom. The fourth-order valence-electron chi connectivity index (χ4n) is 3.52. The molecule has 2 aliphatic rings. The molecule has 3 nitrogen and oxygen atoms in total. The highest BCUT2D eigenvalue weighted by Crippen LogP contribution is 2.33. The normalized spacial score (nSPS) is 19.2. The molecule has 110 valence electrons. The number of Topliss-reactive ketones (excluding diaryl/α,β-unsaturated/α-hetero) is 2. The van der Waals surface area contributed by atoms with Gasteiger partial charge in [0.1, 0.15) is 5.76 Å². The molecule has 3 rings (SSSR count). The SMILES string of the molecule is O=C1C(=O)c2ccccc2C(O)=C1CCCC1CCCC1. The summed E-state index contributed by atoms with van der Waals surface area (Å²) in [5, 5.41) is 10.3. The lowest BCUT2D eigenvalue weighted by Gasteiger charge is -2.18. The van der Waals surface area contributed by atoms with Gasteiger partial charge in [-0.2, -0.15) is 0 Å². The Morgan fingerprint density at radius 3 is 2.38 bits per heavy atom. The van der Waals surface area contributed by atoms with Crippen LogP contribution in [0, 0.1) is 5.92 Å². The molecule has 0 aromatic heterocycles. The Kier molecular flexibility index (Phi) is 3.91. The second kappa shape index (κ2) is 5.84. The van der Waals surface area contributed by atoms with Gasteiger partial charge in [-0.1, -0.05) is 56.4 Å². The van der Waals surface area contributed by atoms with Crippen molar-refractivity contribution in [3.63, 3.8) is 0 Å². The van der Waals surface area contributed by atoms with Crippen molar-refractivity contribution in [3.8, 4) is 0 Å². The number of rotatable bonds is 4. The first-order chi connectivity index (χ1) is 10.2. The van der Waals surface area contributed by atoms with E-state index in [-0.39, 0.29) is 5.76 Å². The van der Waals surface area contributed by atoms with E-state index in [0.29, 0.717) is 23.1 Å². The van der Waals surface area contributed by atoms with E-state index in [0.717, 1.165) is 18.8 Å². The number of benzene rings is 1. The van der Waals surface area contributed by atoms with Gasteiger partial charge in [-0.3, -0.25) is 9.59 Å². The van der Waals surface area contributed by atoms with E-state index in [1.165, 1.54) is 25.7 Å². The van der Waals surface area contributed by atoms with E-state index >= 15 is 0 Å². The Morgan fingerprint density at radius 2 is 1.67 bits per heavy atom. The topological polar surface area (TPSA) is 54.4 Å². The fraction of sp³-hybridized carbons (Fsp3) is 0.444. The lowest BCUT2D eigenvalue weighted by molar-refractivity contribution is -0.112. The van der Waals surface area contributed by atoms with Crippen LogP contribution in [-0.2, 0) is 4.79 Å². The van der Waals surface area contributed by atoms with Crippen molar-refractivity contribution < 1.29 is 14.7 Å². The molecule has 0 spiro atoms. The van der Waals surface area contributed by atoms with Gasteiger partial charge in [-0.05, 0) is 18.8 Å². The molecule has 0 bridgehead atoms. The minimum atomic E-state index is -0.530. The zero-order valence-corrected chi connectivity index (χ0v) is 12.1. The molecule has 1 saturated carbocycles. The van der Waals surface area contributed by atoms with Crippen molar-refractivity contribution in [1.82, 2.24) is 0 Å². The molecule has 0 radical (unpaired) electrons. The summed E-state index contributed by atoms with van der Waals surface area (Å²) in [6.07, 6.45) is 7.63. The number of carbonyl (C=O) groups excluding carboxylic acids is 2. The minimum absolute atomic E-state index is 0.00150. The molecule has 1 N–H and O–H groups in total. The molecule has 0 heterocycles. The molecule has 1 fully saturated rings. The molecule has 2 aliphatic carbocycles. The van der Waals surface area contributed by atoms with Gasteiger partial charge in [0.2, 0.25) is 11.6 Å². The van der Waals surface area contributed by atoms with Gasteiger partial charge in [0.05, 0.1) is 0 Å². The molecular formula is C18H20O3. The molecule has 21 heavy (non-hydrogen) atoms. The number of carbonyl (C=O) groups is 2. The number of hydrogen-bond acceptors (Lipinski definition) is 3. The Labute approximate surface area is 124 Å². The molecule has 0 amide bonds. The largest absolute Gasteiger partial charge is 0.507 e. The lowest BCUT2D eigenvalue weighted by Crippen LogP contribution is -2.24. The van der Waals surface area contributed by atoms with Gasteiger partial charge >= 0.3 is 0 Å². The van der Waals surface area contributed by atoms with Crippen LogP contribution < -0.4 is 0 Å². The third-order valence-electron chi connectivity index (χ3n) is 4.71. The van der Waals surface area contributed by atoms with E-state index < -0.39 is 11.6 Å². The molecule has 0 unspecified atom stereocenters. The van der Waals surface area contributed by atoms with Gasteiger partial charge in [-0.15, -0.1) is 0 Å². The van der Waals surface area contributed by atoms with Gasteiger partial charge in [0.15, 0.2) is 0 Å². The molecule has 1 aromatic rings. The van der Waals surface area contributed by atoms with Crippen molar-refractivity contribution in [2.24, 2.45) is 5.92 Å². The Balaban J connectivity index is 1.76. The van der Waals surface area contributed by atoms with Gasteiger partial charge in [0.25, 0.3) is 0 Å². The van der Waals surface area contributed by atoms with E-state index in [9.17, 15) is 14.7 Å². The summed E-state index contributed by atoms with van der Waals surface area (Å²) in [7, 11) is 0. The smallest absolute Gasteiger partial charge is 0.234 e. The van der Waals surface area contributed by atoms with E-state index in [2.05, 4.69) is 0 Å². The maximum atomic E-state index is 12.2. The highest BCUT2D eigenvalue weighted by atomic mass is 16.3. The fourth-order valence-corrected chi connectivity index (χ4v) is 3.52. The summed E-state index contributed by atoms with van der Waals surface area (Å²) in [5.74, 6) is -0.257. The zero-order valence-electron chi connectivity index (χ0n) is 12.1. The first-order valence-electron chi connectivity index (χ1n) is 7.79. The maximum Gasteiger partial charge on any atom is 0.234 e. The quantitative estimate of drug-likeness (QED) is 0.847. The minimum Gasteiger partial charge on any atom is -0.507 e. The first-order valence-corrected chi connectivity index (χ1v) is 7.79. The zero-order chi connectivity index (χ0) is 14.8. The van der Waals surface area contributed by atoms with Crippen LogP contribution in [0.4, 0.5) is 0 Å². The van der Waals surface area contributed by atoms with Gasteiger partial charge in [0, 0.05) is 16.7 Å². The van der Waals surface area contributed by atoms with Crippen LogP contribution in [0.1, 0.15) is 60.9 Å². The average molecular weight is 284 g/mol. The number of hydrogen-bond donors (Lipinski definition) is 1. The number of aliphatic hydroxyl groups excluding tert-OH is 1. The first kappa shape index (κ1) is 14.1. The maximum absolute atomic E-state index is 12.2. The van der Waals surface area contributed by atoms with Crippen molar-refractivity contribution >= 4 is 17.3 Å². The second-order valence-corrected chi connectivity index (χ2v) is 6.07. The second-order valence-electron chi connectivity index (χ2n) is 6.07. The van der Waals surface area contributed by atoms with Crippen LogP contribution in [0.5, 0.6) is 0 Å². The predicted octanol–water partition coefficient (Wildman–Crippen LogP) is 4.08. The number of fused-ring (bicyclic) bond motifs is 1. The molecule has 0 aliphatic heterocycles. The summed E-state index contributed by atoms with van der Waals surface area (Å²) in [6, 6.07) is 6.78. The number of aliphatic hydroxyl groups is 1. The van der Waals surface area contributed by atoms with Crippen molar-refractivity contribution in [1.29, 1.82) is 0 Å². The van der Waals surface area contributed by atoms with E-state index in [1.54, 1.807) is 24.3 Å². The molecule has 3 heteroatoms. The van der Waals surface area contributed by atoms with Gasteiger partial charge in [-0.25, -0.2) is 0 Å². The highest BCUT2D eigenvalue weighted by molar-refractivity contribution is 6.52. The average Bonchev–Trinajstić information content (AvgIpc) is 3.02. The summed E-state index contributed by atoms with van der Waals surface area (Å²) < 4.78 is 0. The Bertz CT molecular complexity index is 607. The molecular weight excluding hydrogens is 264 g/mol. The predicted molar refractivity (Wildman–Crippen MR) is 81.1 cm³/mol. The third-order valence-corrected chi connectivity index (χ3v) is 4.71. The summed E-state index contributed by atoms with van der Waals surface area (Å²) in [4.78, 5) is 24.3. The lowest BCUT2D eigenvalue weighted by atomic mass is 9.85. The molecule has 0 atom stereocenters. The van der Waals surface area contributed by atoms with E-state index in [4.69, 9.17) is 0 Å². The summed E-state index contributed by atoms with van der Waals surface area (Å²) in [6.45, 7) is 0. The van der Waals surface area contributed by atoms with Crippen LogP contribution in [0.3, 0.4) is 0 Å². The van der Waals surface area contributed by atoms with Crippen LogP contribution in [-0.4, -0.2) is 16.7 Å². The van der Waals surface area contributed by atoms with Crippen LogP contribution >= 0.6 is 0 Å². The monoisotopic (exact) mass is 284 g/mol. The summed E-state index contributed by atoms with van der Waals surface area (Å²) >= 11 is 0. The number of ketones is 2. The molecule has 1 aromatic carbocycles. The van der Waals surface area contributed by atoms with Gasteiger partial charge < -0.3 is 5.11 Å². The highest BCUT2D eigenvalue weighted by Gasteiger charge is 2.32. The number of allylic oxidation sites excluding steroid dienone is 1. The third kappa shape index (κ3) is 2.65. The van der Waals surface area contributed by atoms with Crippen molar-refractivity contribution in [2.45, 2.75) is 44.9 Å². The Hall–Kier alpha value is -1.90. The van der Waals surface area contributed by atoms with Crippen molar-refractivity contribution in [2.75, 3.05) is 0 Å². The van der Waals surface area contributed by atoms with Crippen LogP contribution in [0.2, 0.25) is 0 Å². The summed E-state index contributed by atoms with van der Waals surface area (Å²) in [5.41, 5.74) is 1.12. The van der Waals surface area contributed by atoms with Crippen LogP contribution in [0.15, 0.2) is 29.8 Å². The van der Waals surface area contributed by atoms with Crippen molar-refractivity contribution in [3.05, 3.63) is 41.0 Å².